The van der Waals surface area contributed by atoms with E-state index in [1.165, 1.54) is 36.4 Å². The van der Waals surface area contributed by atoms with Gasteiger partial charge in [-0.05, 0) is 72.5 Å². The van der Waals surface area contributed by atoms with Gasteiger partial charge in [0.05, 0.1) is 24.6 Å². The van der Waals surface area contributed by atoms with Gasteiger partial charge in [-0.3, -0.25) is 9.59 Å². The molecule has 176 valence electrons. The summed E-state index contributed by atoms with van der Waals surface area (Å²) in [6.45, 7) is -0.240. The number of ether oxygens (including phenoxy) is 1. The van der Waals surface area contributed by atoms with Crippen LogP contribution >= 0.6 is 0 Å². The molecule has 1 fully saturated rings. The summed E-state index contributed by atoms with van der Waals surface area (Å²) >= 11 is 0. The van der Waals surface area contributed by atoms with Crippen LogP contribution < -0.4 is 15.4 Å². The fraction of sp³-hybridized carbons (Fsp3) is 0.231. The van der Waals surface area contributed by atoms with Crippen molar-refractivity contribution in [2.45, 2.75) is 25.0 Å². The van der Waals surface area contributed by atoms with Gasteiger partial charge in [0.1, 0.15) is 17.4 Å². The summed E-state index contributed by atoms with van der Waals surface area (Å²) in [5, 5.41) is 10.5. The van der Waals surface area contributed by atoms with Crippen LogP contribution in [0.25, 0.3) is 0 Å². The number of hydrogen-bond donors (Lipinski definition) is 2. The summed E-state index contributed by atoms with van der Waals surface area (Å²) in [7, 11) is 0. The number of anilines is 1. The van der Waals surface area contributed by atoms with E-state index in [4.69, 9.17) is 10.5 Å². The number of aliphatic hydroxyl groups is 1. The summed E-state index contributed by atoms with van der Waals surface area (Å²) < 4.78 is 31.7. The molecule has 6 nitrogen and oxygen atoms in total. The maximum absolute atomic E-state index is 13.4. The normalized spacial score (nSPS) is 18.4. The summed E-state index contributed by atoms with van der Waals surface area (Å²) in [4.78, 5) is 26.1. The highest BCUT2D eigenvalue weighted by Crippen LogP contribution is 2.46. The number of halogens is 2. The topological polar surface area (TPSA) is 92.9 Å². The van der Waals surface area contributed by atoms with Crippen molar-refractivity contribution in [3.63, 3.8) is 0 Å². The molecule has 0 radical (unpaired) electrons. The minimum Gasteiger partial charge on any atom is -0.426 e. The smallest absolute Gasteiger partial charge is 0.325 e. The lowest BCUT2D eigenvalue weighted by Crippen LogP contribution is -2.55. The number of β-lactam (4-membered cyclic amide) rings is 1. The lowest BCUT2D eigenvalue weighted by Gasteiger charge is -2.48. The number of rotatable bonds is 8. The Kier molecular flexibility index (Phi) is 7.00. The van der Waals surface area contributed by atoms with E-state index in [1.807, 2.05) is 0 Å². The minimum absolute atomic E-state index is 0.137. The maximum atomic E-state index is 13.4. The molecule has 0 spiro atoms. The monoisotopic (exact) mass is 466 g/mol. The number of benzene rings is 3. The highest BCUT2D eigenvalue weighted by molar-refractivity contribution is 6.03. The van der Waals surface area contributed by atoms with E-state index >= 15 is 0 Å². The second kappa shape index (κ2) is 10.1. The van der Waals surface area contributed by atoms with Gasteiger partial charge in [0, 0.05) is 5.69 Å². The van der Waals surface area contributed by atoms with Crippen molar-refractivity contribution in [3.8, 4) is 5.75 Å². The summed E-state index contributed by atoms with van der Waals surface area (Å²) in [6.07, 6.45) is -0.141. The first-order valence-electron chi connectivity index (χ1n) is 10.9. The predicted molar refractivity (Wildman–Crippen MR) is 122 cm³/mol. The molecule has 1 heterocycles. The molecule has 3 aromatic rings. The van der Waals surface area contributed by atoms with Crippen LogP contribution in [0.2, 0.25) is 0 Å². The van der Waals surface area contributed by atoms with Crippen molar-refractivity contribution in [3.05, 3.63) is 95.6 Å². The van der Waals surface area contributed by atoms with Gasteiger partial charge in [0.15, 0.2) is 0 Å². The van der Waals surface area contributed by atoms with E-state index in [-0.39, 0.29) is 24.3 Å². The molecular weight excluding hydrogens is 442 g/mol. The predicted octanol–water partition coefficient (Wildman–Crippen LogP) is 4.05. The summed E-state index contributed by atoms with van der Waals surface area (Å²) in [5.41, 5.74) is 7.22. The van der Waals surface area contributed by atoms with Crippen LogP contribution in [0.15, 0.2) is 72.8 Å². The zero-order chi connectivity index (χ0) is 24.2. The Balaban J connectivity index is 1.54. The molecule has 34 heavy (non-hydrogen) atoms. The second-order valence-electron chi connectivity index (χ2n) is 8.13. The number of nitrogens with zero attached hydrogens (tertiary/aromatic N) is 1. The van der Waals surface area contributed by atoms with Crippen molar-refractivity contribution in [2.75, 3.05) is 11.4 Å². The number of carbonyl (C=O) groups is 2. The molecule has 8 heteroatoms. The SMILES string of the molecule is NCC(=O)Oc1ccc([C@@H]2[C@@H](CC[C@H](O)c3ccc(F)cc3)C(=O)N2c2ccc(F)cc2)cc1. The molecule has 3 aromatic carbocycles. The quantitative estimate of drug-likeness (QED) is 0.297. The lowest BCUT2D eigenvalue weighted by molar-refractivity contribution is -0.133. The first-order chi connectivity index (χ1) is 16.4. The Morgan fingerprint density at radius 2 is 1.56 bits per heavy atom. The highest BCUT2D eigenvalue weighted by atomic mass is 19.1. The third-order valence-corrected chi connectivity index (χ3v) is 5.94. The average Bonchev–Trinajstić information content (AvgIpc) is 2.84. The molecule has 0 aliphatic carbocycles. The zero-order valence-electron chi connectivity index (χ0n) is 18.2. The lowest BCUT2D eigenvalue weighted by atomic mass is 9.78. The van der Waals surface area contributed by atoms with Gasteiger partial charge in [0.25, 0.3) is 0 Å². The van der Waals surface area contributed by atoms with E-state index < -0.39 is 23.8 Å². The molecule has 1 aliphatic heterocycles. The van der Waals surface area contributed by atoms with Crippen LogP contribution in [-0.4, -0.2) is 23.5 Å². The molecular formula is C26H24F2N2O4. The van der Waals surface area contributed by atoms with E-state index in [2.05, 4.69) is 0 Å². The van der Waals surface area contributed by atoms with Gasteiger partial charge in [0.2, 0.25) is 5.91 Å². The van der Waals surface area contributed by atoms with Crippen molar-refractivity contribution < 1.29 is 28.2 Å². The van der Waals surface area contributed by atoms with Gasteiger partial charge >= 0.3 is 5.97 Å². The van der Waals surface area contributed by atoms with Crippen LogP contribution in [-0.2, 0) is 9.59 Å². The molecule has 4 rings (SSSR count). The fourth-order valence-corrected chi connectivity index (χ4v) is 4.20. The Labute approximate surface area is 195 Å². The summed E-state index contributed by atoms with van der Waals surface area (Å²) in [6, 6.07) is 17.7. The fourth-order valence-electron chi connectivity index (χ4n) is 4.20. The van der Waals surface area contributed by atoms with Gasteiger partial charge < -0.3 is 20.5 Å². The van der Waals surface area contributed by atoms with E-state index in [0.29, 0.717) is 29.8 Å². The van der Waals surface area contributed by atoms with Gasteiger partial charge in [-0.25, -0.2) is 8.78 Å². The van der Waals surface area contributed by atoms with Crippen molar-refractivity contribution in [1.82, 2.24) is 0 Å². The number of amides is 1. The maximum Gasteiger partial charge on any atom is 0.325 e. The molecule has 1 amide bonds. The largest absolute Gasteiger partial charge is 0.426 e. The third-order valence-electron chi connectivity index (χ3n) is 5.94. The van der Waals surface area contributed by atoms with E-state index in [1.54, 1.807) is 41.3 Å². The Morgan fingerprint density at radius 1 is 0.971 bits per heavy atom. The van der Waals surface area contributed by atoms with Gasteiger partial charge in [-0.2, -0.15) is 0 Å². The summed E-state index contributed by atoms with van der Waals surface area (Å²) in [5.74, 6) is -1.58. The van der Waals surface area contributed by atoms with Crippen molar-refractivity contribution >= 4 is 17.6 Å². The van der Waals surface area contributed by atoms with Crippen molar-refractivity contribution in [1.29, 1.82) is 0 Å². The number of hydrogen-bond acceptors (Lipinski definition) is 5. The Bertz CT molecular complexity index is 1150. The molecule has 0 unspecified atom stereocenters. The van der Waals surface area contributed by atoms with Gasteiger partial charge in [-0.15, -0.1) is 0 Å². The molecule has 0 aromatic heterocycles. The third kappa shape index (κ3) is 4.98. The average molecular weight is 466 g/mol. The van der Waals surface area contributed by atoms with Gasteiger partial charge in [-0.1, -0.05) is 24.3 Å². The molecule has 1 saturated heterocycles. The Hall–Kier alpha value is -3.62. The van der Waals surface area contributed by atoms with Crippen LogP contribution in [0.5, 0.6) is 5.75 Å². The van der Waals surface area contributed by atoms with Crippen LogP contribution in [0.4, 0.5) is 14.5 Å². The number of carbonyl (C=O) groups excluding carboxylic acids is 2. The second-order valence-corrected chi connectivity index (χ2v) is 8.13. The highest BCUT2D eigenvalue weighted by Gasteiger charge is 2.48. The van der Waals surface area contributed by atoms with Crippen LogP contribution in [0.3, 0.4) is 0 Å². The molecule has 3 N–H and O–H groups in total. The standard InChI is InChI=1S/C26H24F2N2O4/c27-18-5-1-16(2-6-18)23(31)14-13-22-25(17-3-11-21(12-4-17)34-24(32)15-29)30(26(22)33)20-9-7-19(28)8-10-20/h1-12,22-23,25,31H,13-15,29H2/t22-,23+,25-/m1/s1. The zero-order valence-corrected chi connectivity index (χ0v) is 18.2. The number of nitrogens with two attached hydrogens (primary N) is 1. The molecule has 0 saturated carbocycles. The van der Waals surface area contributed by atoms with E-state index in [0.717, 1.165) is 5.56 Å². The first-order valence-corrected chi connectivity index (χ1v) is 10.9. The molecule has 1 aliphatic rings. The minimum atomic E-state index is -0.841. The first kappa shape index (κ1) is 23.5. The molecule has 0 bridgehead atoms. The number of aliphatic hydroxyl groups excluding tert-OH is 1. The van der Waals surface area contributed by atoms with Crippen molar-refractivity contribution in [2.24, 2.45) is 11.7 Å². The van der Waals surface area contributed by atoms with E-state index in [9.17, 15) is 23.5 Å². The molecule has 3 atom stereocenters. The van der Waals surface area contributed by atoms with Crippen LogP contribution in [0, 0.1) is 17.6 Å². The Morgan fingerprint density at radius 3 is 2.15 bits per heavy atom. The van der Waals surface area contributed by atoms with Crippen LogP contribution in [0.1, 0.15) is 36.1 Å². The number of esters is 1.